The van der Waals surface area contributed by atoms with Crippen LogP contribution in [0, 0.1) is 36.0 Å². The van der Waals surface area contributed by atoms with Crippen molar-refractivity contribution in [1.82, 2.24) is 15.1 Å². The summed E-state index contributed by atoms with van der Waals surface area (Å²) in [6, 6.07) is 10.2. The van der Waals surface area contributed by atoms with Gasteiger partial charge in [0.15, 0.2) is 0 Å². The van der Waals surface area contributed by atoms with Gasteiger partial charge >= 0.3 is 6.36 Å². The summed E-state index contributed by atoms with van der Waals surface area (Å²) in [7, 11) is 1.60. The molecule has 4 aliphatic rings. The Balaban J connectivity index is 1.27. The van der Waals surface area contributed by atoms with Crippen LogP contribution in [0.15, 0.2) is 54.1 Å². The number of imide groups is 2. The fraction of sp³-hybridized carbons (Fsp3) is 0.343. The van der Waals surface area contributed by atoms with Crippen molar-refractivity contribution in [3.8, 4) is 22.1 Å². The summed E-state index contributed by atoms with van der Waals surface area (Å²) < 4.78 is 46.6. The van der Waals surface area contributed by atoms with Crippen molar-refractivity contribution in [3.63, 3.8) is 0 Å². The van der Waals surface area contributed by atoms with Crippen LogP contribution in [-0.2, 0) is 26.2 Å². The molecule has 1 saturated carbocycles. The van der Waals surface area contributed by atoms with Crippen molar-refractivity contribution in [2.75, 3.05) is 4.90 Å². The van der Waals surface area contributed by atoms with Gasteiger partial charge in [0.05, 0.1) is 28.0 Å². The molecule has 0 bridgehead atoms. The Bertz CT molecular complexity index is 2230. The summed E-state index contributed by atoms with van der Waals surface area (Å²) in [4.78, 5) is 57.1. The minimum Gasteiger partial charge on any atom is -0.508 e. The molecule has 2 aliphatic carbocycles. The molecule has 0 unspecified atom stereocenters. The molecule has 2 aliphatic heterocycles. The lowest BCUT2D eigenvalue weighted by Crippen LogP contribution is -2.48. The van der Waals surface area contributed by atoms with Gasteiger partial charge in [-0.1, -0.05) is 23.3 Å². The van der Waals surface area contributed by atoms with E-state index in [1.165, 1.54) is 16.0 Å². The van der Waals surface area contributed by atoms with E-state index in [0.717, 1.165) is 43.6 Å². The summed E-state index contributed by atoms with van der Waals surface area (Å²) in [5, 5.41) is 19.7. The Morgan fingerprint density at radius 3 is 2.58 bits per heavy atom. The van der Waals surface area contributed by atoms with E-state index in [-0.39, 0.29) is 24.2 Å². The number of carbonyl (C=O) groups is 4. The highest BCUT2D eigenvalue weighted by atomic mass is 35.5. The molecule has 258 valence electrons. The van der Waals surface area contributed by atoms with E-state index in [1.807, 2.05) is 19.1 Å². The molecule has 8 rings (SSSR count). The number of amides is 4. The maximum absolute atomic E-state index is 14.8. The maximum Gasteiger partial charge on any atom is 0.573 e. The molecule has 10 nitrogen and oxygen atoms in total. The monoisotopic (exact) mass is 724 g/mol. The first-order valence-corrected chi connectivity index (χ1v) is 17.0. The largest absolute Gasteiger partial charge is 0.573 e. The highest BCUT2D eigenvalue weighted by molar-refractivity contribution is 7.22. The minimum atomic E-state index is -5.04. The van der Waals surface area contributed by atoms with E-state index < -0.39 is 76.5 Å². The molecule has 4 heterocycles. The van der Waals surface area contributed by atoms with Crippen LogP contribution < -0.4 is 15.0 Å². The molecule has 2 saturated heterocycles. The van der Waals surface area contributed by atoms with Gasteiger partial charge in [-0.3, -0.25) is 29.2 Å². The predicted octanol–water partition coefficient (Wildman–Crippen LogP) is 6.39. The molecule has 0 radical (unpaired) electrons. The number of nitrogens with one attached hydrogen (secondary N) is 1. The number of nitrogens with zero attached hydrogens (tertiary/aromatic N) is 3. The summed E-state index contributed by atoms with van der Waals surface area (Å²) in [6.07, 6.45) is -3.14. The first-order valence-electron chi connectivity index (χ1n) is 15.8. The Labute approximate surface area is 291 Å². The number of phenolic OH excluding ortho intramolecular Hbond substituents is 1. The number of ether oxygens (including phenoxy) is 1. The lowest BCUT2D eigenvalue weighted by atomic mass is 9.51. The number of rotatable bonds is 4. The minimum absolute atomic E-state index is 0.0299. The van der Waals surface area contributed by atoms with Crippen LogP contribution in [0.4, 0.5) is 19.0 Å². The zero-order valence-corrected chi connectivity index (χ0v) is 28.2. The molecule has 6 atom stereocenters. The van der Waals surface area contributed by atoms with Crippen LogP contribution >= 0.6 is 22.9 Å². The van der Waals surface area contributed by atoms with Gasteiger partial charge in [0.1, 0.15) is 23.0 Å². The Morgan fingerprint density at radius 2 is 1.84 bits per heavy atom. The van der Waals surface area contributed by atoms with Gasteiger partial charge in [-0.2, -0.15) is 5.10 Å². The second-order valence-corrected chi connectivity index (χ2v) is 15.0. The second kappa shape index (κ2) is 10.9. The van der Waals surface area contributed by atoms with Crippen molar-refractivity contribution in [1.29, 1.82) is 0 Å². The second-order valence-electron chi connectivity index (χ2n) is 13.5. The number of hydrogen-bond donors (Lipinski definition) is 2. The number of carbonyl (C=O) groups excluding carboxylic acids is 4. The highest BCUT2D eigenvalue weighted by Crippen LogP contribution is 2.64. The number of aromatic nitrogens is 2. The topological polar surface area (TPSA) is 131 Å². The van der Waals surface area contributed by atoms with Gasteiger partial charge in [-0.15, -0.1) is 24.5 Å². The maximum atomic E-state index is 14.8. The number of hydrogen-bond acceptors (Lipinski definition) is 8. The quantitative estimate of drug-likeness (QED) is 0.184. The first-order chi connectivity index (χ1) is 23.6. The summed E-state index contributed by atoms with van der Waals surface area (Å²) >= 11 is 7.73. The fourth-order valence-electron chi connectivity index (χ4n) is 8.66. The predicted molar refractivity (Wildman–Crippen MR) is 176 cm³/mol. The standard InChI is InChI=1S/C35H28ClF3N4O6S/c1-14-19-10-15(36)4-9-25(19)50-29(14)23-13-26(42(3)41-23)43-32(47)22-12-20-17(6-7-18-27(20)31(46)40-30(18)45)28(34(22,2)33(43)48)21-11-16(5-8-24(21)44)49-35(37,38)39/h4-6,8-11,13,18,20,22,27-28,44H,7,12H2,1-3H3,(H,40,45,46)/t18-,20+,22-,27-,28+,34+/m0/s1. The van der Waals surface area contributed by atoms with Crippen molar-refractivity contribution < 1.29 is 42.2 Å². The van der Waals surface area contributed by atoms with Crippen LogP contribution in [0.2, 0.25) is 5.02 Å². The molecule has 50 heavy (non-hydrogen) atoms. The molecular formula is C35H28ClF3N4O6S. The van der Waals surface area contributed by atoms with Crippen LogP contribution in [0.5, 0.6) is 11.5 Å². The van der Waals surface area contributed by atoms with Crippen LogP contribution in [0.3, 0.4) is 0 Å². The van der Waals surface area contributed by atoms with Crippen LogP contribution in [0.25, 0.3) is 20.7 Å². The number of alkyl halides is 3. The van der Waals surface area contributed by atoms with Gasteiger partial charge < -0.3 is 9.84 Å². The van der Waals surface area contributed by atoms with E-state index in [4.69, 9.17) is 11.6 Å². The van der Waals surface area contributed by atoms with E-state index in [0.29, 0.717) is 16.3 Å². The molecule has 2 aromatic heterocycles. The Hall–Kier alpha value is -4.69. The molecule has 2 N–H and O–H groups in total. The number of allylic oxidation sites excluding steroid dienone is 2. The van der Waals surface area contributed by atoms with Gasteiger partial charge in [0, 0.05) is 34.3 Å². The Kier molecular flexibility index (Phi) is 7.09. The number of anilines is 1. The SMILES string of the molecule is Cc1c(-c2cc(N3C(=O)[C@@H]4C[C@@H]5C(=CC[C@@H]6C(=O)NC(=O)[C@@H]65)[C@H](c5cc(OC(F)(F)F)ccc5O)[C@]4(C)C3=O)n(C)n2)sc2ccc(Cl)cc12. The van der Waals surface area contributed by atoms with E-state index in [9.17, 15) is 37.5 Å². The molecule has 3 fully saturated rings. The van der Waals surface area contributed by atoms with Crippen LogP contribution in [-0.4, -0.2) is 44.9 Å². The molecule has 4 amide bonds. The first kappa shape index (κ1) is 32.5. The molecule has 2 aromatic carbocycles. The average molecular weight is 725 g/mol. The third-order valence-corrected chi connectivity index (χ3v) is 12.4. The molecular weight excluding hydrogens is 697 g/mol. The molecule has 0 spiro atoms. The number of aryl methyl sites for hydroxylation is 2. The third-order valence-electron chi connectivity index (χ3n) is 10.9. The summed E-state index contributed by atoms with van der Waals surface area (Å²) in [5.41, 5.74) is 0.260. The van der Waals surface area contributed by atoms with Crippen molar-refractivity contribution in [2.24, 2.45) is 36.1 Å². The van der Waals surface area contributed by atoms with Gasteiger partial charge in [0.2, 0.25) is 23.6 Å². The highest BCUT2D eigenvalue weighted by Gasteiger charge is 2.67. The van der Waals surface area contributed by atoms with Crippen molar-refractivity contribution in [3.05, 3.63) is 70.3 Å². The molecule has 4 aromatic rings. The molecule has 15 heteroatoms. The van der Waals surface area contributed by atoms with Crippen molar-refractivity contribution >= 4 is 62.5 Å². The van der Waals surface area contributed by atoms with Crippen LogP contribution in [0.1, 0.15) is 36.8 Å². The number of fused-ring (bicyclic) bond motifs is 5. The lowest BCUT2D eigenvalue weighted by molar-refractivity contribution is -0.274. The fourth-order valence-corrected chi connectivity index (χ4v) is 9.98. The number of thiophene rings is 1. The zero-order valence-electron chi connectivity index (χ0n) is 26.7. The summed E-state index contributed by atoms with van der Waals surface area (Å²) in [6.45, 7) is 3.50. The van der Waals surface area contributed by atoms with E-state index >= 15 is 0 Å². The average Bonchev–Trinajstić information content (AvgIpc) is 3.72. The normalized spacial score (nSPS) is 27.7. The van der Waals surface area contributed by atoms with Gasteiger partial charge in [0.25, 0.3) is 0 Å². The third kappa shape index (κ3) is 4.64. The van der Waals surface area contributed by atoms with Gasteiger partial charge in [-0.05, 0) is 80.0 Å². The Morgan fingerprint density at radius 1 is 1.08 bits per heavy atom. The zero-order chi connectivity index (χ0) is 35.6. The van der Waals surface area contributed by atoms with Crippen molar-refractivity contribution in [2.45, 2.75) is 39.0 Å². The number of halogens is 4. The van der Waals surface area contributed by atoms with Gasteiger partial charge in [-0.25, -0.2) is 4.90 Å². The lowest BCUT2D eigenvalue weighted by Gasteiger charge is -2.49. The van der Waals surface area contributed by atoms with E-state index in [2.05, 4.69) is 15.2 Å². The van der Waals surface area contributed by atoms with E-state index in [1.54, 1.807) is 32.2 Å². The number of aromatic hydroxyl groups is 1. The summed E-state index contributed by atoms with van der Waals surface area (Å²) in [5.74, 6) is -7.49. The smallest absolute Gasteiger partial charge is 0.508 e. The number of benzene rings is 2. The number of phenols is 1.